The molecule has 0 bridgehead atoms. The lowest BCUT2D eigenvalue weighted by Crippen LogP contribution is -1.92. The third-order valence-corrected chi connectivity index (χ3v) is 3.64. The van der Waals surface area contributed by atoms with Crippen molar-refractivity contribution in [3.63, 3.8) is 0 Å². The van der Waals surface area contributed by atoms with Gasteiger partial charge in [-0.3, -0.25) is 0 Å². The predicted molar refractivity (Wildman–Crippen MR) is 31.0 cm³/mol. The molecule has 0 aromatic carbocycles. The monoisotopic (exact) mass is 205 g/mol. The van der Waals surface area contributed by atoms with Gasteiger partial charge >= 0.3 is 10.5 Å². The maximum absolute atomic E-state index is 10.1. The van der Waals surface area contributed by atoms with Gasteiger partial charge in [-0.15, -0.1) is 0 Å². The summed E-state index contributed by atoms with van der Waals surface area (Å²) in [6.07, 6.45) is 0. The van der Waals surface area contributed by atoms with Gasteiger partial charge in [0.15, 0.2) is 0 Å². The van der Waals surface area contributed by atoms with Gasteiger partial charge in [0.2, 0.25) is 9.06 Å². The van der Waals surface area contributed by atoms with Crippen LogP contribution in [-0.2, 0) is 33.4 Å². The van der Waals surface area contributed by atoms with Gasteiger partial charge in [0.25, 0.3) is 0 Å². The zero-order valence-corrected chi connectivity index (χ0v) is 6.66. The quantitative estimate of drug-likeness (QED) is 0.458. The van der Waals surface area contributed by atoms with Crippen LogP contribution < -0.4 is 0 Å². The molecule has 0 aliphatic carbocycles. The Morgan fingerprint density at radius 1 is 1.40 bits per heavy atom. The van der Waals surface area contributed by atoms with Crippen molar-refractivity contribution in [3.05, 3.63) is 0 Å². The Morgan fingerprint density at radius 2 is 1.80 bits per heavy atom. The highest BCUT2D eigenvalue weighted by Crippen LogP contribution is 1.90. The molecule has 0 fully saturated rings. The third kappa shape index (κ3) is 2.89. The molecule has 0 unspecified atom stereocenters. The van der Waals surface area contributed by atoms with E-state index in [9.17, 15) is 21.0 Å². The Hall–Kier alpha value is -0.480. The fourth-order valence-corrected chi connectivity index (χ4v) is 1.86. The van der Waals surface area contributed by atoms with Crippen LogP contribution in [0.1, 0.15) is 0 Å². The van der Waals surface area contributed by atoms with E-state index in [1.165, 1.54) is 0 Å². The van der Waals surface area contributed by atoms with Crippen LogP contribution in [0.4, 0.5) is 0 Å². The molecule has 0 aliphatic heterocycles. The van der Waals surface area contributed by atoms with Crippen molar-refractivity contribution in [2.75, 3.05) is 0 Å². The standard InChI is InChI=1S/HN2O5S3/c1-8(3)10(6,7)2-9(4)5/h1H/q-1. The molecule has 10 heavy (non-hydrogen) atoms. The molecule has 0 saturated carbocycles. The van der Waals surface area contributed by atoms with Crippen LogP contribution in [0.15, 0.2) is 3.77 Å². The molecule has 10 heteroatoms. The molecular formula is HN2O5S3-. The molecule has 0 spiro atoms. The van der Waals surface area contributed by atoms with Gasteiger partial charge in [-0.05, 0) is 0 Å². The molecule has 0 rings (SSSR count). The first-order chi connectivity index (χ1) is 4.36. The minimum Gasteiger partial charge on any atom is -0.428 e. The van der Waals surface area contributed by atoms with E-state index >= 15 is 0 Å². The summed E-state index contributed by atoms with van der Waals surface area (Å²) < 4.78 is 57.2. The molecule has 0 heterocycles. The van der Waals surface area contributed by atoms with Gasteiger partial charge < -0.3 is 8.99 Å². The van der Waals surface area contributed by atoms with E-state index in [0.29, 0.717) is 0 Å². The second-order valence-corrected chi connectivity index (χ2v) is 5.48. The van der Waals surface area contributed by atoms with Crippen LogP contribution in [0.3, 0.4) is 0 Å². The van der Waals surface area contributed by atoms with Crippen molar-refractivity contribution in [3.8, 4) is 0 Å². The van der Waals surface area contributed by atoms with Crippen molar-refractivity contribution in [1.29, 1.82) is 4.78 Å². The second kappa shape index (κ2) is 3.07. The SMILES string of the molecule is N=[S-](=O)S(=O)(=O)N=S(=O)=O. The Bertz CT molecular complexity index is 388. The highest BCUT2D eigenvalue weighted by atomic mass is 33.2. The first-order valence-electron chi connectivity index (χ1n) is 1.57. The van der Waals surface area contributed by atoms with E-state index < -0.39 is 29.2 Å². The molecule has 60 valence electrons. The van der Waals surface area contributed by atoms with Gasteiger partial charge in [-0.2, -0.15) is 8.42 Å². The van der Waals surface area contributed by atoms with Gasteiger partial charge in [0.05, 0.1) is 0 Å². The highest BCUT2D eigenvalue weighted by Gasteiger charge is 1.96. The van der Waals surface area contributed by atoms with Crippen molar-refractivity contribution in [2.45, 2.75) is 0 Å². The van der Waals surface area contributed by atoms with Crippen molar-refractivity contribution >= 4 is 29.2 Å². The van der Waals surface area contributed by atoms with Crippen LogP contribution in [-0.4, -0.2) is 16.8 Å². The molecular weight excluding hydrogens is 204 g/mol. The van der Waals surface area contributed by atoms with Gasteiger partial charge in [-0.25, -0.2) is 8.42 Å². The summed E-state index contributed by atoms with van der Waals surface area (Å²) in [6.45, 7) is 0. The maximum Gasteiger partial charge on any atom is 0.325 e. The molecule has 0 atom stereocenters. The second-order valence-electron chi connectivity index (χ2n) is 0.954. The molecule has 0 aliphatic rings. The van der Waals surface area contributed by atoms with Gasteiger partial charge in [0.1, 0.15) is 0 Å². The number of hydrogen-bond acceptors (Lipinski definition) is 7. The van der Waals surface area contributed by atoms with Crippen molar-refractivity contribution in [2.24, 2.45) is 3.77 Å². The summed E-state index contributed by atoms with van der Waals surface area (Å²) >= 11 is 0. The van der Waals surface area contributed by atoms with Gasteiger partial charge in [-0.1, -0.05) is 13.4 Å². The lowest BCUT2D eigenvalue weighted by Gasteiger charge is -1.89. The van der Waals surface area contributed by atoms with Crippen molar-refractivity contribution in [1.82, 2.24) is 0 Å². The van der Waals surface area contributed by atoms with Crippen LogP contribution in [0, 0.1) is 4.78 Å². The number of rotatable bonds is 2. The summed E-state index contributed by atoms with van der Waals surface area (Å²) in [5.41, 5.74) is 0. The fraction of sp³-hybridized carbons (Fsp3) is 0. The molecule has 1 N–H and O–H groups in total. The van der Waals surface area contributed by atoms with Crippen LogP contribution in [0.5, 0.6) is 0 Å². The Morgan fingerprint density at radius 3 is 1.90 bits per heavy atom. The summed E-state index contributed by atoms with van der Waals surface area (Å²) in [6, 6.07) is 0. The topological polar surface area (TPSA) is 122 Å². The lowest BCUT2D eigenvalue weighted by atomic mass is 13.9. The molecule has 0 radical (unpaired) electrons. The lowest BCUT2D eigenvalue weighted by molar-refractivity contribution is 0.588. The Labute approximate surface area is 59.2 Å². The van der Waals surface area contributed by atoms with E-state index in [-0.39, 0.29) is 0 Å². The number of nitrogens with zero attached hydrogens (tertiary/aromatic N) is 1. The van der Waals surface area contributed by atoms with Crippen LogP contribution >= 0.6 is 0 Å². The average molecular weight is 205 g/mol. The fourth-order valence-electron chi connectivity index (χ4n) is 0.102. The smallest absolute Gasteiger partial charge is 0.325 e. The molecule has 0 aromatic heterocycles. The zero-order valence-electron chi connectivity index (χ0n) is 4.21. The van der Waals surface area contributed by atoms with Crippen LogP contribution in [0.2, 0.25) is 0 Å². The third-order valence-electron chi connectivity index (χ3n) is 0.343. The van der Waals surface area contributed by atoms with E-state index in [1.54, 1.807) is 0 Å². The summed E-state index contributed by atoms with van der Waals surface area (Å²) in [7, 11) is -10.9. The Kier molecular flexibility index (Phi) is 2.93. The summed E-state index contributed by atoms with van der Waals surface area (Å²) in [4.78, 5) is 0. The first kappa shape index (κ1) is 9.52. The predicted octanol–water partition coefficient (Wildman–Crippen LogP) is -0.980. The first-order valence-corrected chi connectivity index (χ1v) is 5.71. The van der Waals surface area contributed by atoms with Crippen molar-refractivity contribution < 1.29 is 21.0 Å². The zero-order chi connectivity index (χ0) is 8.36. The number of nitrogens with one attached hydrogen (secondary N) is 1. The average Bonchev–Trinajstić information content (AvgIpc) is 1.60. The maximum atomic E-state index is 10.1. The van der Waals surface area contributed by atoms with E-state index in [2.05, 4.69) is 0 Å². The minimum absolute atomic E-state index is 2.01. The van der Waals surface area contributed by atoms with E-state index in [4.69, 9.17) is 4.78 Å². The Balaban J connectivity index is 5.44. The molecule has 7 nitrogen and oxygen atoms in total. The summed E-state index contributed by atoms with van der Waals surface area (Å²) in [5, 5.41) is 0. The van der Waals surface area contributed by atoms with Crippen LogP contribution in [0.25, 0.3) is 0 Å². The molecule has 0 aromatic rings. The number of hydrogen-bond donors (Lipinski definition) is 1. The van der Waals surface area contributed by atoms with E-state index in [0.717, 1.165) is 0 Å². The normalized spacial score (nSPS) is 11.3. The highest BCUT2D eigenvalue weighted by molar-refractivity contribution is 8.59. The minimum atomic E-state index is -4.65. The summed E-state index contributed by atoms with van der Waals surface area (Å²) in [5.74, 6) is 0. The largest absolute Gasteiger partial charge is 0.428 e. The van der Waals surface area contributed by atoms with Gasteiger partial charge in [0, 0.05) is 0 Å². The molecule has 0 amide bonds. The molecule has 0 saturated heterocycles. The van der Waals surface area contributed by atoms with E-state index in [1.807, 2.05) is 3.77 Å².